The first kappa shape index (κ1) is 22.8. The highest BCUT2D eigenvalue weighted by Crippen LogP contribution is 2.38. The zero-order chi connectivity index (χ0) is 22.9. The highest BCUT2D eigenvalue weighted by molar-refractivity contribution is 7.89. The summed E-state index contributed by atoms with van der Waals surface area (Å²) in [6, 6.07) is 5.60. The highest BCUT2D eigenvalue weighted by Gasteiger charge is 2.34. The Bertz CT molecular complexity index is 1140. The summed E-state index contributed by atoms with van der Waals surface area (Å²) in [5, 5.41) is 0.358. The summed E-state index contributed by atoms with van der Waals surface area (Å²) in [4.78, 5) is 11.8. The van der Waals surface area contributed by atoms with Crippen LogP contribution in [-0.4, -0.2) is 45.0 Å². The van der Waals surface area contributed by atoms with E-state index in [2.05, 4.69) is 0 Å². The number of halogens is 3. The second kappa shape index (κ2) is 9.21. The lowest BCUT2D eigenvalue weighted by atomic mass is 9.98. The number of carbonyl (C=O) groups is 1. The smallest absolute Gasteiger partial charge is 0.309 e. The molecular formula is C21H20ClF2NO6S. The third-order valence-electron chi connectivity index (χ3n) is 5.34. The van der Waals surface area contributed by atoms with Gasteiger partial charge in [-0.25, -0.2) is 17.2 Å². The summed E-state index contributed by atoms with van der Waals surface area (Å²) in [6.07, 6.45) is 0.411. The number of sulfonamides is 1. The molecule has 0 spiro atoms. The van der Waals surface area contributed by atoms with Gasteiger partial charge in [-0.3, -0.25) is 4.79 Å². The van der Waals surface area contributed by atoms with Crippen LogP contribution in [0, 0.1) is 17.6 Å². The van der Waals surface area contributed by atoms with Crippen molar-refractivity contribution in [3.05, 3.63) is 52.6 Å². The van der Waals surface area contributed by atoms with E-state index in [9.17, 15) is 22.0 Å². The van der Waals surface area contributed by atoms with Crippen molar-refractivity contribution in [1.29, 1.82) is 0 Å². The van der Waals surface area contributed by atoms with Gasteiger partial charge in [-0.05, 0) is 48.7 Å². The van der Waals surface area contributed by atoms with Crippen molar-refractivity contribution in [3.63, 3.8) is 0 Å². The van der Waals surface area contributed by atoms with E-state index in [1.54, 1.807) is 12.1 Å². The number of nitrogens with zero attached hydrogens (tertiary/aromatic N) is 1. The Balaban J connectivity index is 1.35. The Hall–Kier alpha value is -2.43. The number of benzene rings is 2. The molecule has 2 aliphatic heterocycles. The van der Waals surface area contributed by atoms with Crippen LogP contribution in [0.1, 0.15) is 18.4 Å². The van der Waals surface area contributed by atoms with Crippen LogP contribution in [-0.2, 0) is 26.2 Å². The number of rotatable bonds is 5. The average molecular weight is 488 g/mol. The minimum atomic E-state index is -4.21. The molecule has 0 bridgehead atoms. The van der Waals surface area contributed by atoms with Gasteiger partial charge in [-0.1, -0.05) is 11.6 Å². The van der Waals surface area contributed by atoms with Gasteiger partial charge in [0.2, 0.25) is 10.0 Å². The van der Waals surface area contributed by atoms with Crippen LogP contribution in [0.5, 0.6) is 11.5 Å². The number of esters is 1. The van der Waals surface area contributed by atoms with Crippen molar-refractivity contribution in [3.8, 4) is 11.5 Å². The third-order valence-corrected chi connectivity index (χ3v) is 7.53. The van der Waals surface area contributed by atoms with Crippen LogP contribution >= 0.6 is 11.6 Å². The zero-order valence-corrected chi connectivity index (χ0v) is 18.4. The van der Waals surface area contributed by atoms with Gasteiger partial charge >= 0.3 is 5.97 Å². The molecule has 1 fully saturated rings. The van der Waals surface area contributed by atoms with Gasteiger partial charge in [0, 0.05) is 13.1 Å². The monoisotopic (exact) mass is 487 g/mol. The number of fused-ring (bicyclic) bond motifs is 1. The largest absolute Gasteiger partial charge is 0.486 e. The van der Waals surface area contributed by atoms with E-state index >= 15 is 0 Å². The van der Waals surface area contributed by atoms with Crippen molar-refractivity contribution < 1.29 is 36.2 Å². The fourth-order valence-electron chi connectivity index (χ4n) is 3.67. The van der Waals surface area contributed by atoms with Gasteiger partial charge in [-0.15, -0.1) is 0 Å². The molecule has 0 N–H and O–H groups in total. The molecular weight excluding hydrogens is 468 g/mol. The molecule has 4 rings (SSSR count). The Morgan fingerprint density at radius 2 is 1.84 bits per heavy atom. The molecule has 0 aromatic heterocycles. The van der Waals surface area contributed by atoms with E-state index < -0.39 is 38.4 Å². The van der Waals surface area contributed by atoms with Gasteiger partial charge < -0.3 is 14.2 Å². The summed E-state index contributed by atoms with van der Waals surface area (Å²) < 4.78 is 70.1. The van der Waals surface area contributed by atoms with E-state index in [4.69, 9.17) is 25.8 Å². The van der Waals surface area contributed by atoms with Gasteiger partial charge in [0.05, 0.1) is 10.9 Å². The van der Waals surface area contributed by atoms with Crippen LogP contribution < -0.4 is 9.47 Å². The van der Waals surface area contributed by atoms with E-state index in [1.165, 1.54) is 0 Å². The van der Waals surface area contributed by atoms with E-state index in [0.717, 1.165) is 16.4 Å². The summed E-state index contributed by atoms with van der Waals surface area (Å²) in [6.45, 7) is 0.763. The van der Waals surface area contributed by atoms with Gasteiger partial charge in [0.1, 0.15) is 36.4 Å². The summed E-state index contributed by atoms with van der Waals surface area (Å²) in [5.41, 5.74) is 0.634. The lowest BCUT2D eigenvalue weighted by Crippen LogP contribution is -2.40. The second-order valence-electron chi connectivity index (χ2n) is 7.46. The van der Waals surface area contributed by atoms with Crippen LogP contribution in [0.4, 0.5) is 8.78 Å². The minimum Gasteiger partial charge on any atom is -0.486 e. The topological polar surface area (TPSA) is 82.1 Å². The standard InChI is InChI=1S/C21H20ClF2NO6S/c22-16-9-13(10-18-20(16)30-8-7-29-18)12-31-21(26)14-3-5-25(6-4-14)32(27,28)19-11-15(23)1-2-17(19)24/h1-2,9-11,14H,3-8,12H2. The molecule has 1 saturated heterocycles. The molecule has 0 aliphatic carbocycles. The molecule has 11 heteroatoms. The number of hydrogen-bond donors (Lipinski definition) is 0. The maximum Gasteiger partial charge on any atom is 0.309 e. The van der Waals surface area contributed by atoms with Crippen molar-refractivity contribution >= 4 is 27.6 Å². The second-order valence-corrected chi connectivity index (χ2v) is 9.78. The maximum atomic E-state index is 13.9. The van der Waals surface area contributed by atoms with E-state index in [1.807, 2.05) is 0 Å². The number of ether oxygens (including phenoxy) is 3. The first-order chi connectivity index (χ1) is 15.3. The molecule has 172 valence electrons. The predicted molar refractivity (Wildman–Crippen MR) is 110 cm³/mol. The molecule has 32 heavy (non-hydrogen) atoms. The maximum absolute atomic E-state index is 13.9. The molecule has 0 unspecified atom stereocenters. The molecule has 2 aromatic rings. The Kier molecular flexibility index (Phi) is 6.55. The Morgan fingerprint density at radius 3 is 2.59 bits per heavy atom. The first-order valence-corrected chi connectivity index (χ1v) is 11.8. The molecule has 0 amide bonds. The summed E-state index contributed by atoms with van der Waals surface area (Å²) in [5.74, 6) is -1.90. The van der Waals surface area contributed by atoms with Crippen molar-refractivity contribution in [2.24, 2.45) is 5.92 Å². The summed E-state index contributed by atoms with van der Waals surface area (Å²) >= 11 is 6.18. The zero-order valence-electron chi connectivity index (χ0n) is 16.9. The number of carbonyl (C=O) groups excluding carboxylic acids is 1. The van der Waals surface area contributed by atoms with Gasteiger partial charge in [0.15, 0.2) is 11.5 Å². The van der Waals surface area contributed by atoms with Crippen molar-refractivity contribution in [1.82, 2.24) is 4.31 Å². The average Bonchev–Trinajstić information content (AvgIpc) is 2.79. The molecule has 0 radical (unpaired) electrons. The Labute approximate surface area is 188 Å². The predicted octanol–water partition coefficient (Wildman–Crippen LogP) is 3.53. The van der Waals surface area contributed by atoms with Crippen molar-refractivity contribution in [2.45, 2.75) is 24.3 Å². The van der Waals surface area contributed by atoms with Gasteiger partial charge in [-0.2, -0.15) is 4.31 Å². The molecule has 0 saturated carbocycles. The third kappa shape index (κ3) is 4.67. The minimum absolute atomic E-state index is 0.00605. The molecule has 2 aromatic carbocycles. The first-order valence-electron chi connectivity index (χ1n) is 9.95. The SMILES string of the molecule is O=C(OCc1cc(Cl)c2c(c1)OCCO2)C1CCN(S(=O)(=O)c2cc(F)ccc2F)CC1. The van der Waals surface area contributed by atoms with Gasteiger partial charge in [0.25, 0.3) is 0 Å². The van der Waals surface area contributed by atoms with Crippen molar-refractivity contribution in [2.75, 3.05) is 26.3 Å². The van der Waals surface area contributed by atoms with Crippen LogP contribution in [0.3, 0.4) is 0 Å². The van der Waals surface area contributed by atoms with Crippen LogP contribution in [0.25, 0.3) is 0 Å². The van der Waals surface area contributed by atoms with Crippen LogP contribution in [0.15, 0.2) is 35.2 Å². The van der Waals surface area contributed by atoms with E-state index in [-0.39, 0.29) is 32.5 Å². The molecule has 0 atom stereocenters. The number of hydrogen-bond acceptors (Lipinski definition) is 6. The quantitative estimate of drug-likeness (QED) is 0.600. The summed E-state index contributed by atoms with van der Waals surface area (Å²) in [7, 11) is -4.21. The molecule has 2 aliphatic rings. The fraction of sp³-hybridized carbons (Fsp3) is 0.381. The molecule has 7 nitrogen and oxygen atoms in total. The van der Waals surface area contributed by atoms with Crippen LogP contribution in [0.2, 0.25) is 5.02 Å². The highest BCUT2D eigenvalue weighted by atomic mass is 35.5. The van der Waals surface area contributed by atoms with E-state index in [0.29, 0.717) is 41.4 Å². The fourth-order valence-corrected chi connectivity index (χ4v) is 5.50. The number of piperidine rings is 1. The lowest BCUT2D eigenvalue weighted by molar-refractivity contribution is -0.151. The molecule has 2 heterocycles. The normalized spacial score (nSPS) is 17.2. The lowest BCUT2D eigenvalue weighted by Gasteiger charge is -2.30. The Morgan fingerprint density at radius 1 is 1.12 bits per heavy atom.